The van der Waals surface area contributed by atoms with Crippen molar-refractivity contribution in [3.8, 4) is 0 Å². The van der Waals surface area contributed by atoms with Crippen LogP contribution in [0.4, 0.5) is 0 Å². The fourth-order valence-electron chi connectivity index (χ4n) is 0.817. The molecule has 3 nitrogen and oxygen atoms in total. The molecule has 0 aliphatic rings. The van der Waals surface area contributed by atoms with Crippen molar-refractivity contribution in [2.75, 3.05) is 13.9 Å². The standard InChI is InChI=1S/C9H18O3/c1-4-5-6-9(10)8(2)12-7-11-3/h8H,4-7H2,1-3H3. The van der Waals surface area contributed by atoms with Crippen molar-refractivity contribution in [3.05, 3.63) is 0 Å². The first-order valence-electron chi connectivity index (χ1n) is 4.35. The van der Waals surface area contributed by atoms with Gasteiger partial charge in [0.25, 0.3) is 0 Å². The summed E-state index contributed by atoms with van der Waals surface area (Å²) in [4.78, 5) is 11.2. The van der Waals surface area contributed by atoms with E-state index in [-0.39, 0.29) is 18.7 Å². The lowest BCUT2D eigenvalue weighted by Crippen LogP contribution is -2.21. The highest BCUT2D eigenvalue weighted by Gasteiger charge is 2.11. The van der Waals surface area contributed by atoms with Gasteiger partial charge in [0.05, 0.1) is 0 Å². The van der Waals surface area contributed by atoms with Crippen molar-refractivity contribution in [1.29, 1.82) is 0 Å². The van der Waals surface area contributed by atoms with Gasteiger partial charge in [-0.3, -0.25) is 4.79 Å². The molecule has 0 amide bonds. The highest BCUT2D eigenvalue weighted by atomic mass is 16.7. The van der Waals surface area contributed by atoms with E-state index in [1.807, 2.05) is 0 Å². The molecule has 0 bridgehead atoms. The minimum absolute atomic E-state index is 0.161. The second kappa shape index (κ2) is 7.25. The highest BCUT2D eigenvalue weighted by Crippen LogP contribution is 2.01. The molecule has 0 radical (unpaired) electrons. The molecule has 0 heterocycles. The van der Waals surface area contributed by atoms with Crippen LogP contribution >= 0.6 is 0 Å². The number of methoxy groups -OCH3 is 1. The lowest BCUT2D eigenvalue weighted by Gasteiger charge is -2.10. The molecule has 0 fully saturated rings. The summed E-state index contributed by atoms with van der Waals surface area (Å²) >= 11 is 0. The van der Waals surface area contributed by atoms with Crippen molar-refractivity contribution in [2.24, 2.45) is 0 Å². The van der Waals surface area contributed by atoms with E-state index in [1.54, 1.807) is 14.0 Å². The summed E-state index contributed by atoms with van der Waals surface area (Å²) in [6.07, 6.45) is 2.28. The maximum absolute atomic E-state index is 11.2. The molecule has 1 atom stereocenters. The summed E-state index contributed by atoms with van der Waals surface area (Å²) in [6, 6.07) is 0. The number of hydrogen-bond donors (Lipinski definition) is 0. The normalized spacial score (nSPS) is 12.9. The van der Waals surface area contributed by atoms with E-state index in [0.717, 1.165) is 12.8 Å². The summed E-state index contributed by atoms with van der Waals surface area (Å²) in [5.74, 6) is 0.161. The summed E-state index contributed by atoms with van der Waals surface area (Å²) < 4.78 is 9.77. The van der Waals surface area contributed by atoms with Gasteiger partial charge < -0.3 is 9.47 Å². The molecular formula is C9H18O3. The van der Waals surface area contributed by atoms with Gasteiger partial charge in [0.1, 0.15) is 12.9 Å². The number of ether oxygens (including phenoxy) is 2. The third kappa shape index (κ3) is 5.27. The van der Waals surface area contributed by atoms with Crippen LogP contribution in [-0.4, -0.2) is 25.8 Å². The maximum Gasteiger partial charge on any atom is 0.161 e. The van der Waals surface area contributed by atoms with Crippen molar-refractivity contribution in [3.63, 3.8) is 0 Å². The van der Waals surface area contributed by atoms with Crippen LogP contribution in [0.15, 0.2) is 0 Å². The van der Waals surface area contributed by atoms with Crippen molar-refractivity contribution in [1.82, 2.24) is 0 Å². The molecule has 12 heavy (non-hydrogen) atoms. The van der Waals surface area contributed by atoms with Gasteiger partial charge >= 0.3 is 0 Å². The predicted octanol–water partition coefficient (Wildman–Crippen LogP) is 1.75. The molecule has 0 aliphatic heterocycles. The Kier molecular flexibility index (Phi) is 7.00. The first kappa shape index (κ1) is 11.6. The Morgan fingerprint density at radius 3 is 2.67 bits per heavy atom. The van der Waals surface area contributed by atoms with Gasteiger partial charge in [0.2, 0.25) is 0 Å². The third-order valence-electron chi connectivity index (χ3n) is 1.67. The SMILES string of the molecule is CCCCC(=O)C(C)OCOC. The minimum atomic E-state index is -0.323. The van der Waals surface area contributed by atoms with Crippen LogP contribution < -0.4 is 0 Å². The van der Waals surface area contributed by atoms with E-state index in [9.17, 15) is 4.79 Å². The van der Waals surface area contributed by atoms with E-state index in [1.165, 1.54) is 0 Å². The number of carbonyl (C=O) groups excluding carboxylic acids is 1. The zero-order chi connectivity index (χ0) is 9.40. The van der Waals surface area contributed by atoms with Crippen LogP contribution in [0.3, 0.4) is 0 Å². The van der Waals surface area contributed by atoms with Crippen LogP contribution in [0.5, 0.6) is 0 Å². The average Bonchev–Trinajstić information content (AvgIpc) is 2.10. The Bertz CT molecular complexity index is 123. The van der Waals surface area contributed by atoms with Crippen LogP contribution in [0.1, 0.15) is 33.1 Å². The Hall–Kier alpha value is -0.410. The van der Waals surface area contributed by atoms with Gasteiger partial charge in [-0.05, 0) is 13.3 Å². The number of hydrogen-bond acceptors (Lipinski definition) is 3. The van der Waals surface area contributed by atoms with E-state index in [0.29, 0.717) is 6.42 Å². The summed E-state index contributed by atoms with van der Waals surface area (Å²) in [6.45, 7) is 4.02. The summed E-state index contributed by atoms with van der Waals surface area (Å²) in [5, 5.41) is 0. The second-order valence-electron chi connectivity index (χ2n) is 2.79. The minimum Gasteiger partial charge on any atom is -0.359 e. The molecule has 0 saturated heterocycles. The number of Topliss-reactive ketones (excluding diaryl/α,β-unsaturated/α-hetero) is 1. The largest absolute Gasteiger partial charge is 0.359 e. The van der Waals surface area contributed by atoms with Gasteiger partial charge in [-0.1, -0.05) is 13.3 Å². The van der Waals surface area contributed by atoms with Gasteiger partial charge in [-0.15, -0.1) is 0 Å². The molecule has 0 aromatic carbocycles. The molecule has 0 rings (SSSR count). The van der Waals surface area contributed by atoms with E-state index in [2.05, 4.69) is 6.92 Å². The number of carbonyl (C=O) groups is 1. The van der Waals surface area contributed by atoms with E-state index >= 15 is 0 Å². The van der Waals surface area contributed by atoms with Crippen molar-refractivity contribution >= 4 is 5.78 Å². The summed E-state index contributed by atoms with van der Waals surface area (Å²) in [5.41, 5.74) is 0. The van der Waals surface area contributed by atoms with Gasteiger partial charge in [-0.2, -0.15) is 0 Å². The van der Waals surface area contributed by atoms with Crippen LogP contribution in [0.25, 0.3) is 0 Å². The Morgan fingerprint density at radius 2 is 2.17 bits per heavy atom. The smallest absolute Gasteiger partial charge is 0.161 e. The average molecular weight is 174 g/mol. The molecule has 0 spiro atoms. The fourth-order valence-corrected chi connectivity index (χ4v) is 0.817. The number of rotatable bonds is 7. The number of unbranched alkanes of at least 4 members (excludes halogenated alkanes) is 1. The second-order valence-corrected chi connectivity index (χ2v) is 2.79. The molecule has 0 aromatic heterocycles. The summed E-state index contributed by atoms with van der Waals surface area (Å²) in [7, 11) is 1.54. The Morgan fingerprint density at radius 1 is 1.50 bits per heavy atom. The first-order valence-corrected chi connectivity index (χ1v) is 4.35. The molecule has 1 unspecified atom stereocenters. The van der Waals surface area contributed by atoms with Crippen LogP contribution in [-0.2, 0) is 14.3 Å². The molecule has 0 saturated carbocycles. The maximum atomic E-state index is 11.2. The van der Waals surface area contributed by atoms with Crippen LogP contribution in [0.2, 0.25) is 0 Å². The molecule has 0 aliphatic carbocycles. The van der Waals surface area contributed by atoms with Gasteiger partial charge in [-0.25, -0.2) is 0 Å². The highest BCUT2D eigenvalue weighted by molar-refractivity contribution is 5.82. The zero-order valence-electron chi connectivity index (χ0n) is 8.13. The number of ketones is 1. The first-order chi connectivity index (χ1) is 5.72. The third-order valence-corrected chi connectivity index (χ3v) is 1.67. The predicted molar refractivity (Wildman–Crippen MR) is 47.0 cm³/mol. The van der Waals surface area contributed by atoms with E-state index in [4.69, 9.17) is 9.47 Å². The zero-order valence-corrected chi connectivity index (χ0v) is 8.13. The van der Waals surface area contributed by atoms with Crippen molar-refractivity contribution in [2.45, 2.75) is 39.2 Å². The fraction of sp³-hybridized carbons (Fsp3) is 0.889. The lowest BCUT2D eigenvalue weighted by molar-refractivity contribution is -0.137. The van der Waals surface area contributed by atoms with Crippen molar-refractivity contribution < 1.29 is 14.3 Å². The molecule has 72 valence electrons. The lowest BCUT2D eigenvalue weighted by atomic mass is 10.1. The van der Waals surface area contributed by atoms with Gasteiger partial charge in [0.15, 0.2) is 5.78 Å². The molecule has 0 aromatic rings. The molecular weight excluding hydrogens is 156 g/mol. The molecule has 3 heteroatoms. The quantitative estimate of drug-likeness (QED) is 0.552. The topological polar surface area (TPSA) is 35.5 Å². The van der Waals surface area contributed by atoms with Gasteiger partial charge in [0, 0.05) is 13.5 Å². The Balaban J connectivity index is 3.47. The monoisotopic (exact) mass is 174 g/mol. The Labute approximate surface area is 74.0 Å². The van der Waals surface area contributed by atoms with E-state index < -0.39 is 0 Å². The van der Waals surface area contributed by atoms with Crippen LogP contribution in [0, 0.1) is 0 Å². The molecule has 0 N–H and O–H groups in total.